The van der Waals surface area contributed by atoms with Gasteiger partial charge < -0.3 is 10.6 Å². The second-order valence-electron chi connectivity index (χ2n) is 6.79. The van der Waals surface area contributed by atoms with Crippen LogP contribution in [0, 0.1) is 0 Å². The van der Waals surface area contributed by atoms with E-state index in [2.05, 4.69) is 17.6 Å². The molecule has 1 saturated heterocycles. The van der Waals surface area contributed by atoms with Crippen molar-refractivity contribution < 1.29 is 14.4 Å². The first kappa shape index (κ1) is 17.5. The predicted molar refractivity (Wildman–Crippen MR) is 93.8 cm³/mol. The first-order chi connectivity index (χ1) is 12.1. The van der Waals surface area contributed by atoms with Crippen molar-refractivity contribution in [1.82, 2.24) is 15.5 Å². The van der Waals surface area contributed by atoms with Crippen LogP contribution in [0.25, 0.3) is 0 Å². The average Bonchev–Trinajstić information content (AvgIpc) is 3.09. The number of carbonyl (C=O) groups is 3. The Hall–Kier alpha value is -2.37. The number of hydrogen-bond donors (Lipinski definition) is 2. The van der Waals surface area contributed by atoms with E-state index in [1.807, 2.05) is 24.3 Å². The molecule has 1 fully saturated rings. The molecule has 0 aromatic heterocycles. The zero-order valence-corrected chi connectivity index (χ0v) is 14.6. The minimum absolute atomic E-state index is 0.220. The molecule has 134 valence electrons. The lowest BCUT2D eigenvalue weighted by Crippen LogP contribution is -2.44. The van der Waals surface area contributed by atoms with E-state index >= 15 is 0 Å². The lowest BCUT2D eigenvalue weighted by molar-refractivity contribution is -0.135. The van der Waals surface area contributed by atoms with Gasteiger partial charge in [-0.3, -0.25) is 14.5 Å². The van der Waals surface area contributed by atoms with Crippen LogP contribution in [-0.2, 0) is 21.5 Å². The molecule has 6 nitrogen and oxygen atoms in total. The zero-order chi connectivity index (χ0) is 17.9. The minimum Gasteiger partial charge on any atom is -0.355 e. The maximum Gasteiger partial charge on any atom is 0.325 e. The van der Waals surface area contributed by atoms with Crippen LogP contribution >= 0.6 is 0 Å². The third-order valence-corrected chi connectivity index (χ3v) is 5.08. The number of nitrogens with one attached hydrogen (secondary N) is 2. The standard InChI is InChI=1S/C19H25N3O3/c1-2-3-4-7-12-20-16(23)13-22-17(24)19(21-18(22)25)11-10-14-8-5-6-9-15(14)19/h5-6,8-9H,2-4,7,10-13H2,1H3,(H,20,23)(H,21,25)/t19-/m1/s1. The summed E-state index contributed by atoms with van der Waals surface area (Å²) in [6.07, 6.45) is 5.56. The van der Waals surface area contributed by atoms with Crippen LogP contribution in [-0.4, -0.2) is 35.8 Å². The van der Waals surface area contributed by atoms with Crippen molar-refractivity contribution in [3.05, 3.63) is 35.4 Å². The number of unbranched alkanes of at least 4 members (excludes halogenated alkanes) is 3. The second kappa shape index (κ2) is 7.25. The summed E-state index contributed by atoms with van der Waals surface area (Å²) in [6.45, 7) is 2.49. The number of nitrogens with zero attached hydrogens (tertiary/aromatic N) is 1. The van der Waals surface area contributed by atoms with Gasteiger partial charge in [0.15, 0.2) is 0 Å². The van der Waals surface area contributed by atoms with E-state index in [9.17, 15) is 14.4 Å². The van der Waals surface area contributed by atoms with Crippen LogP contribution in [0.5, 0.6) is 0 Å². The van der Waals surface area contributed by atoms with E-state index in [0.29, 0.717) is 13.0 Å². The first-order valence-corrected chi connectivity index (χ1v) is 9.07. The largest absolute Gasteiger partial charge is 0.355 e. The number of fused-ring (bicyclic) bond motifs is 2. The van der Waals surface area contributed by atoms with Crippen LogP contribution in [0.3, 0.4) is 0 Å². The van der Waals surface area contributed by atoms with E-state index < -0.39 is 11.6 Å². The number of hydrogen-bond acceptors (Lipinski definition) is 3. The normalized spacial score (nSPS) is 21.6. The molecule has 1 heterocycles. The van der Waals surface area contributed by atoms with E-state index in [0.717, 1.165) is 48.1 Å². The molecule has 3 rings (SSSR count). The predicted octanol–water partition coefficient (Wildman–Crippen LogP) is 2.08. The molecule has 1 spiro atoms. The van der Waals surface area contributed by atoms with Gasteiger partial charge in [0, 0.05) is 6.54 Å². The SMILES string of the molecule is CCCCCCNC(=O)CN1C(=O)N[C@@]2(CCc3ccccc32)C1=O. The van der Waals surface area contributed by atoms with E-state index in [4.69, 9.17) is 0 Å². The molecule has 1 aliphatic heterocycles. The van der Waals surface area contributed by atoms with E-state index in [-0.39, 0.29) is 18.4 Å². The maximum absolute atomic E-state index is 12.9. The Kier molecular flexibility index (Phi) is 5.06. The van der Waals surface area contributed by atoms with Gasteiger partial charge in [0.2, 0.25) is 5.91 Å². The smallest absolute Gasteiger partial charge is 0.325 e. The van der Waals surface area contributed by atoms with Gasteiger partial charge in [0.25, 0.3) is 5.91 Å². The highest BCUT2D eigenvalue weighted by Gasteiger charge is 2.55. The minimum atomic E-state index is -0.991. The molecule has 1 atom stereocenters. The number of carbonyl (C=O) groups excluding carboxylic acids is 3. The molecule has 4 amide bonds. The molecule has 2 N–H and O–H groups in total. The van der Waals surface area contributed by atoms with Crippen molar-refractivity contribution in [3.8, 4) is 0 Å². The fraction of sp³-hybridized carbons (Fsp3) is 0.526. The number of amides is 4. The van der Waals surface area contributed by atoms with Crippen molar-refractivity contribution in [1.29, 1.82) is 0 Å². The summed E-state index contributed by atoms with van der Waals surface area (Å²) in [5.41, 5.74) is 0.948. The van der Waals surface area contributed by atoms with Gasteiger partial charge >= 0.3 is 6.03 Å². The van der Waals surface area contributed by atoms with Crippen LogP contribution in [0.15, 0.2) is 24.3 Å². The number of rotatable bonds is 7. The van der Waals surface area contributed by atoms with Gasteiger partial charge in [-0.05, 0) is 30.4 Å². The fourth-order valence-corrected chi connectivity index (χ4v) is 3.71. The Morgan fingerprint density at radius 1 is 1.24 bits per heavy atom. The summed E-state index contributed by atoms with van der Waals surface area (Å²) in [6, 6.07) is 7.19. The Morgan fingerprint density at radius 2 is 2.04 bits per heavy atom. The molecule has 1 aromatic rings. The van der Waals surface area contributed by atoms with Gasteiger partial charge in [-0.15, -0.1) is 0 Å². The molecule has 0 radical (unpaired) electrons. The molecule has 2 aliphatic rings. The Balaban J connectivity index is 1.62. The highest BCUT2D eigenvalue weighted by molar-refractivity contribution is 6.09. The molecule has 6 heteroatoms. The summed E-state index contributed by atoms with van der Waals surface area (Å²) in [7, 11) is 0. The molecule has 25 heavy (non-hydrogen) atoms. The first-order valence-electron chi connectivity index (χ1n) is 9.07. The number of urea groups is 1. The number of aryl methyl sites for hydroxylation is 1. The summed E-state index contributed by atoms with van der Waals surface area (Å²) in [5.74, 6) is -0.605. The lowest BCUT2D eigenvalue weighted by Gasteiger charge is -2.22. The topological polar surface area (TPSA) is 78.5 Å². The molecule has 0 bridgehead atoms. The van der Waals surface area contributed by atoms with Crippen LogP contribution in [0.1, 0.15) is 50.2 Å². The molecule has 0 unspecified atom stereocenters. The lowest BCUT2D eigenvalue weighted by atomic mass is 9.92. The molecule has 1 aromatic carbocycles. The third-order valence-electron chi connectivity index (χ3n) is 5.08. The maximum atomic E-state index is 12.9. The van der Waals surface area contributed by atoms with Gasteiger partial charge in [0.05, 0.1) is 0 Å². The van der Waals surface area contributed by atoms with Gasteiger partial charge in [0.1, 0.15) is 12.1 Å². The van der Waals surface area contributed by atoms with Crippen molar-refractivity contribution in [3.63, 3.8) is 0 Å². The zero-order valence-electron chi connectivity index (χ0n) is 14.6. The van der Waals surface area contributed by atoms with Crippen molar-refractivity contribution in [2.45, 2.75) is 51.0 Å². The molecule has 1 aliphatic carbocycles. The summed E-state index contributed by atoms with van der Waals surface area (Å²) in [4.78, 5) is 38.4. The Bertz CT molecular complexity index is 688. The van der Waals surface area contributed by atoms with Crippen LogP contribution in [0.2, 0.25) is 0 Å². The summed E-state index contributed by atoms with van der Waals surface area (Å²) < 4.78 is 0. The summed E-state index contributed by atoms with van der Waals surface area (Å²) in [5, 5.41) is 5.63. The van der Waals surface area contributed by atoms with Crippen molar-refractivity contribution >= 4 is 17.8 Å². The third kappa shape index (κ3) is 3.25. The molecular formula is C19H25N3O3. The van der Waals surface area contributed by atoms with E-state index in [1.54, 1.807) is 0 Å². The number of imide groups is 1. The van der Waals surface area contributed by atoms with Crippen LogP contribution in [0.4, 0.5) is 4.79 Å². The van der Waals surface area contributed by atoms with E-state index in [1.165, 1.54) is 0 Å². The highest BCUT2D eigenvalue weighted by atomic mass is 16.2. The summed E-state index contributed by atoms with van der Waals surface area (Å²) >= 11 is 0. The monoisotopic (exact) mass is 343 g/mol. The van der Waals surface area contributed by atoms with Gasteiger partial charge in [-0.25, -0.2) is 4.79 Å². The van der Waals surface area contributed by atoms with Crippen LogP contribution < -0.4 is 10.6 Å². The number of benzene rings is 1. The quantitative estimate of drug-likeness (QED) is 0.588. The second-order valence-corrected chi connectivity index (χ2v) is 6.79. The molecule has 0 saturated carbocycles. The van der Waals surface area contributed by atoms with Crippen molar-refractivity contribution in [2.75, 3.05) is 13.1 Å². The van der Waals surface area contributed by atoms with Crippen molar-refractivity contribution in [2.24, 2.45) is 0 Å². The molecular weight excluding hydrogens is 318 g/mol. The average molecular weight is 343 g/mol. The Morgan fingerprint density at radius 3 is 2.84 bits per heavy atom. The fourth-order valence-electron chi connectivity index (χ4n) is 3.71. The van der Waals surface area contributed by atoms with Gasteiger partial charge in [-0.1, -0.05) is 50.5 Å². The highest BCUT2D eigenvalue weighted by Crippen LogP contribution is 2.41. The van der Waals surface area contributed by atoms with Gasteiger partial charge in [-0.2, -0.15) is 0 Å². The Labute approximate surface area is 148 Å².